The number of ether oxygens (including phenoxy) is 2. The molecule has 0 aromatic heterocycles. The van der Waals surface area contributed by atoms with Crippen LogP contribution in [0.3, 0.4) is 0 Å². The van der Waals surface area contributed by atoms with E-state index < -0.39 is 17.9 Å². The highest BCUT2D eigenvalue weighted by Gasteiger charge is 2.61. The fraction of sp³-hybridized carbons (Fsp3) is 0.692. The van der Waals surface area contributed by atoms with E-state index in [9.17, 15) is 9.59 Å². The molecule has 18 heavy (non-hydrogen) atoms. The first-order valence-corrected chi connectivity index (χ1v) is 6.10. The van der Waals surface area contributed by atoms with Gasteiger partial charge in [0.15, 0.2) is 0 Å². The second-order valence-corrected chi connectivity index (χ2v) is 4.85. The zero-order chi connectivity index (χ0) is 13.9. The monoisotopic (exact) mass is 256 g/mol. The van der Waals surface area contributed by atoms with Crippen LogP contribution >= 0.6 is 0 Å². The average molecular weight is 256 g/mol. The van der Waals surface area contributed by atoms with Crippen LogP contribution in [0.1, 0.15) is 27.7 Å². The van der Waals surface area contributed by atoms with Gasteiger partial charge in [0.05, 0.1) is 19.1 Å². The fourth-order valence-electron chi connectivity index (χ4n) is 2.16. The number of hydrogen-bond donors (Lipinski definition) is 1. The summed E-state index contributed by atoms with van der Waals surface area (Å²) in [6.45, 7) is 7.81. The summed E-state index contributed by atoms with van der Waals surface area (Å²) in [5.74, 6) is -1.93. The minimum absolute atomic E-state index is 0.112. The van der Waals surface area contributed by atoms with Crippen molar-refractivity contribution in [1.29, 1.82) is 0 Å². The van der Waals surface area contributed by atoms with E-state index >= 15 is 0 Å². The van der Waals surface area contributed by atoms with Crippen molar-refractivity contribution in [2.45, 2.75) is 27.7 Å². The molecule has 1 rings (SSSR count). The van der Waals surface area contributed by atoms with Crippen LogP contribution in [0, 0.1) is 17.3 Å². The van der Waals surface area contributed by atoms with Gasteiger partial charge in [-0.3, -0.25) is 4.79 Å². The number of aliphatic carboxylic acids is 1. The fourth-order valence-corrected chi connectivity index (χ4v) is 2.16. The first-order chi connectivity index (χ1) is 8.36. The van der Waals surface area contributed by atoms with Crippen LogP contribution in [0.4, 0.5) is 0 Å². The van der Waals surface area contributed by atoms with Crippen molar-refractivity contribution in [2.24, 2.45) is 17.3 Å². The van der Waals surface area contributed by atoms with Crippen molar-refractivity contribution in [3.05, 3.63) is 11.8 Å². The Kier molecular flexibility index (Phi) is 4.38. The highest BCUT2D eigenvalue weighted by atomic mass is 16.6. The maximum atomic E-state index is 11.6. The summed E-state index contributed by atoms with van der Waals surface area (Å²) in [5.41, 5.74) is -0.347. The number of carboxylic acid groups (broad SMARTS) is 1. The van der Waals surface area contributed by atoms with E-state index in [2.05, 4.69) is 0 Å². The molecule has 0 saturated heterocycles. The first kappa shape index (κ1) is 14.5. The lowest BCUT2D eigenvalue weighted by atomic mass is 10.1. The van der Waals surface area contributed by atoms with Gasteiger partial charge in [0, 0.05) is 5.92 Å². The predicted molar refractivity (Wildman–Crippen MR) is 64.7 cm³/mol. The standard InChI is InChI=1S/C13H20O5/c1-5-17-9(12(16)18-6-2)7-8-10(11(14)15)13(8,3)4/h7-8,10H,5-6H2,1-4H3,(H,14,15)/b9-7-. The lowest BCUT2D eigenvalue weighted by Crippen LogP contribution is -2.11. The summed E-state index contributed by atoms with van der Waals surface area (Å²) < 4.78 is 10.1. The molecule has 0 bridgehead atoms. The third kappa shape index (κ3) is 2.83. The summed E-state index contributed by atoms with van der Waals surface area (Å²) in [7, 11) is 0. The van der Waals surface area contributed by atoms with E-state index in [-0.39, 0.29) is 23.7 Å². The molecule has 0 aromatic carbocycles. The molecule has 2 atom stereocenters. The zero-order valence-electron chi connectivity index (χ0n) is 11.2. The molecule has 0 aromatic rings. The van der Waals surface area contributed by atoms with Gasteiger partial charge in [0.2, 0.25) is 5.76 Å². The third-order valence-corrected chi connectivity index (χ3v) is 3.28. The Bertz CT molecular complexity index is 370. The summed E-state index contributed by atoms with van der Waals surface area (Å²) >= 11 is 0. The average Bonchev–Trinajstić information content (AvgIpc) is 2.80. The Hall–Kier alpha value is -1.52. The Labute approximate surface area is 107 Å². The minimum atomic E-state index is -0.846. The van der Waals surface area contributed by atoms with Gasteiger partial charge in [-0.05, 0) is 25.3 Å². The van der Waals surface area contributed by atoms with Gasteiger partial charge in [0.1, 0.15) is 0 Å². The van der Waals surface area contributed by atoms with Gasteiger partial charge in [-0.15, -0.1) is 0 Å². The Morgan fingerprint density at radius 2 is 1.78 bits per heavy atom. The minimum Gasteiger partial charge on any atom is -0.487 e. The molecule has 0 aliphatic heterocycles. The zero-order valence-corrected chi connectivity index (χ0v) is 11.2. The molecule has 0 spiro atoms. The number of rotatable bonds is 6. The van der Waals surface area contributed by atoms with Gasteiger partial charge in [-0.1, -0.05) is 13.8 Å². The van der Waals surface area contributed by atoms with Crippen molar-refractivity contribution in [3.8, 4) is 0 Å². The summed E-state index contributed by atoms with van der Waals surface area (Å²) in [5, 5.41) is 9.06. The number of esters is 1. The summed E-state index contributed by atoms with van der Waals surface area (Å²) in [6, 6.07) is 0. The van der Waals surface area contributed by atoms with Crippen molar-refractivity contribution in [3.63, 3.8) is 0 Å². The van der Waals surface area contributed by atoms with E-state index in [1.807, 2.05) is 13.8 Å². The van der Waals surface area contributed by atoms with Crippen molar-refractivity contribution < 1.29 is 24.2 Å². The highest BCUT2D eigenvalue weighted by molar-refractivity contribution is 5.87. The van der Waals surface area contributed by atoms with Crippen LogP contribution in [0.5, 0.6) is 0 Å². The van der Waals surface area contributed by atoms with Gasteiger partial charge >= 0.3 is 11.9 Å². The van der Waals surface area contributed by atoms with Gasteiger partial charge in [-0.25, -0.2) is 4.79 Å². The normalized spacial score (nSPS) is 25.4. The second-order valence-electron chi connectivity index (χ2n) is 4.85. The molecule has 0 heterocycles. The number of carboxylic acids is 1. The maximum absolute atomic E-state index is 11.6. The Balaban J connectivity index is 2.84. The van der Waals surface area contributed by atoms with Crippen LogP contribution in [-0.4, -0.2) is 30.3 Å². The Morgan fingerprint density at radius 1 is 1.22 bits per heavy atom. The molecule has 5 heteroatoms. The smallest absolute Gasteiger partial charge is 0.373 e. The van der Waals surface area contributed by atoms with Crippen LogP contribution in [0.25, 0.3) is 0 Å². The lowest BCUT2D eigenvalue weighted by Gasteiger charge is -2.07. The second kappa shape index (κ2) is 5.42. The molecular formula is C13H20O5. The van der Waals surface area contributed by atoms with E-state index in [1.54, 1.807) is 19.9 Å². The molecule has 1 fully saturated rings. The van der Waals surface area contributed by atoms with Crippen molar-refractivity contribution >= 4 is 11.9 Å². The van der Waals surface area contributed by atoms with Gasteiger partial charge in [0.25, 0.3) is 0 Å². The molecule has 102 valence electrons. The molecule has 1 N–H and O–H groups in total. The number of allylic oxidation sites excluding steroid dienone is 1. The SMILES string of the molecule is CCOC(=O)/C(=C/C1C(C(=O)O)C1(C)C)OCC. The van der Waals surface area contributed by atoms with E-state index in [0.717, 1.165) is 0 Å². The molecular weight excluding hydrogens is 236 g/mol. The molecule has 5 nitrogen and oxygen atoms in total. The molecule has 0 radical (unpaired) electrons. The number of carbonyl (C=O) groups excluding carboxylic acids is 1. The lowest BCUT2D eigenvalue weighted by molar-refractivity contribution is -0.143. The molecule has 0 amide bonds. The molecule has 1 saturated carbocycles. The largest absolute Gasteiger partial charge is 0.487 e. The molecule has 1 aliphatic carbocycles. The first-order valence-electron chi connectivity index (χ1n) is 6.10. The van der Waals surface area contributed by atoms with Gasteiger partial charge in [-0.2, -0.15) is 0 Å². The molecule has 1 aliphatic rings. The van der Waals surface area contributed by atoms with Crippen LogP contribution < -0.4 is 0 Å². The van der Waals surface area contributed by atoms with E-state index in [0.29, 0.717) is 6.61 Å². The topological polar surface area (TPSA) is 72.8 Å². The summed E-state index contributed by atoms with van der Waals surface area (Å²) in [6.07, 6.45) is 1.58. The molecule has 2 unspecified atom stereocenters. The predicted octanol–water partition coefficient (Wildman–Crippen LogP) is 1.83. The van der Waals surface area contributed by atoms with Crippen LogP contribution in [0.15, 0.2) is 11.8 Å². The van der Waals surface area contributed by atoms with E-state index in [1.165, 1.54) is 0 Å². The van der Waals surface area contributed by atoms with Crippen LogP contribution in [0.2, 0.25) is 0 Å². The van der Waals surface area contributed by atoms with Crippen molar-refractivity contribution in [1.82, 2.24) is 0 Å². The Morgan fingerprint density at radius 3 is 2.17 bits per heavy atom. The number of carbonyl (C=O) groups is 2. The van der Waals surface area contributed by atoms with Crippen molar-refractivity contribution in [2.75, 3.05) is 13.2 Å². The van der Waals surface area contributed by atoms with Gasteiger partial charge < -0.3 is 14.6 Å². The third-order valence-electron chi connectivity index (χ3n) is 3.28. The maximum Gasteiger partial charge on any atom is 0.373 e. The van der Waals surface area contributed by atoms with Crippen LogP contribution in [-0.2, 0) is 19.1 Å². The summed E-state index contributed by atoms with van der Waals surface area (Å²) in [4.78, 5) is 22.7. The highest BCUT2D eigenvalue weighted by Crippen LogP contribution is 2.59. The number of hydrogen-bond acceptors (Lipinski definition) is 4. The van der Waals surface area contributed by atoms with E-state index in [4.69, 9.17) is 14.6 Å². The quantitative estimate of drug-likeness (QED) is 0.446.